The smallest absolute Gasteiger partial charge is 0.179 e. The molecule has 6 heteroatoms. The van der Waals surface area contributed by atoms with Crippen LogP contribution < -0.4 is 9.47 Å². The number of aromatic amines is 1. The summed E-state index contributed by atoms with van der Waals surface area (Å²) < 4.78 is 10.9. The Kier molecular flexibility index (Phi) is 6.06. The molecule has 30 heavy (non-hydrogen) atoms. The van der Waals surface area contributed by atoms with E-state index in [2.05, 4.69) is 14.8 Å². The lowest BCUT2D eigenvalue weighted by Gasteiger charge is -2.34. The number of nitrogens with zero attached hydrogens (tertiary/aromatic N) is 2. The molecule has 0 bridgehead atoms. The molecule has 158 valence electrons. The molecule has 2 aromatic carbocycles. The second-order valence-electron chi connectivity index (χ2n) is 7.82. The van der Waals surface area contributed by atoms with Crippen LogP contribution in [0, 0.1) is 6.92 Å². The summed E-state index contributed by atoms with van der Waals surface area (Å²) in [6.45, 7) is 6.83. The minimum atomic E-state index is 0.188. The number of methoxy groups -OCH3 is 2. The summed E-state index contributed by atoms with van der Waals surface area (Å²) in [6.07, 6.45) is 0. The van der Waals surface area contributed by atoms with Crippen molar-refractivity contribution in [1.82, 2.24) is 14.8 Å². The van der Waals surface area contributed by atoms with Crippen LogP contribution in [0.1, 0.15) is 21.6 Å². The number of carbonyl (C=O) groups excluding carboxylic acids is 1. The number of para-hydroxylation sites is 1. The first kappa shape index (κ1) is 20.4. The molecule has 0 atom stereocenters. The highest BCUT2D eigenvalue weighted by atomic mass is 16.5. The monoisotopic (exact) mass is 407 g/mol. The van der Waals surface area contributed by atoms with Crippen LogP contribution in [0.5, 0.6) is 11.5 Å². The summed E-state index contributed by atoms with van der Waals surface area (Å²) in [4.78, 5) is 21.0. The summed E-state index contributed by atoms with van der Waals surface area (Å²) in [7, 11) is 3.37. The van der Waals surface area contributed by atoms with Crippen LogP contribution in [-0.2, 0) is 6.54 Å². The van der Waals surface area contributed by atoms with Crippen molar-refractivity contribution in [3.05, 3.63) is 59.3 Å². The molecule has 0 spiro atoms. The molecular formula is C24H29N3O3. The highest BCUT2D eigenvalue weighted by Crippen LogP contribution is 2.26. The lowest BCUT2D eigenvalue weighted by atomic mass is 10.1. The molecule has 1 aliphatic heterocycles. The van der Waals surface area contributed by atoms with Crippen LogP contribution in [0.4, 0.5) is 0 Å². The number of H-pyrrole nitrogens is 1. The first-order valence-electron chi connectivity index (χ1n) is 10.3. The van der Waals surface area contributed by atoms with Crippen LogP contribution in [0.3, 0.4) is 0 Å². The molecule has 1 saturated heterocycles. The minimum Gasteiger partial charge on any atom is -0.497 e. The van der Waals surface area contributed by atoms with E-state index in [-0.39, 0.29) is 5.78 Å². The first-order chi connectivity index (χ1) is 14.6. The number of aromatic nitrogens is 1. The maximum absolute atomic E-state index is 13.0. The van der Waals surface area contributed by atoms with Crippen molar-refractivity contribution in [3.63, 3.8) is 0 Å². The zero-order chi connectivity index (χ0) is 21.1. The highest BCUT2D eigenvalue weighted by molar-refractivity contribution is 6.10. The quantitative estimate of drug-likeness (QED) is 0.608. The number of ketones is 1. The van der Waals surface area contributed by atoms with Gasteiger partial charge < -0.3 is 14.5 Å². The van der Waals surface area contributed by atoms with Gasteiger partial charge in [0, 0.05) is 60.4 Å². The summed E-state index contributed by atoms with van der Waals surface area (Å²) >= 11 is 0. The molecule has 0 unspecified atom stereocenters. The van der Waals surface area contributed by atoms with E-state index in [4.69, 9.17) is 9.47 Å². The molecular weight excluding hydrogens is 378 g/mol. The number of hydrogen-bond acceptors (Lipinski definition) is 5. The van der Waals surface area contributed by atoms with E-state index in [9.17, 15) is 4.79 Å². The zero-order valence-electron chi connectivity index (χ0n) is 17.9. The molecule has 2 heterocycles. The average molecular weight is 408 g/mol. The number of Topliss-reactive ketones (excluding diaryl/α,β-unsaturated/α-hetero) is 1. The van der Waals surface area contributed by atoms with Gasteiger partial charge in [0.2, 0.25) is 0 Å². The van der Waals surface area contributed by atoms with E-state index in [0.717, 1.165) is 71.9 Å². The molecule has 6 nitrogen and oxygen atoms in total. The molecule has 1 N–H and O–H groups in total. The predicted octanol–water partition coefficient (Wildman–Crippen LogP) is 3.49. The van der Waals surface area contributed by atoms with E-state index in [1.165, 1.54) is 0 Å². The van der Waals surface area contributed by atoms with Gasteiger partial charge in [0.15, 0.2) is 5.78 Å². The number of benzene rings is 2. The maximum Gasteiger partial charge on any atom is 0.179 e. The third-order valence-electron chi connectivity index (χ3n) is 5.89. The van der Waals surface area contributed by atoms with Crippen molar-refractivity contribution in [2.75, 3.05) is 46.9 Å². The van der Waals surface area contributed by atoms with Gasteiger partial charge >= 0.3 is 0 Å². The summed E-state index contributed by atoms with van der Waals surface area (Å²) in [5.74, 6) is 1.90. The number of piperazine rings is 1. The Labute approximate surface area is 177 Å². The normalized spacial score (nSPS) is 15.4. The van der Waals surface area contributed by atoms with Crippen molar-refractivity contribution in [2.45, 2.75) is 13.5 Å². The van der Waals surface area contributed by atoms with Crippen molar-refractivity contribution in [1.29, 1.82) is 0 Å². The molecule has 1 aromatic heterocycles. The fourth-order valence-corrected chi connectivity index (χ4v) is 4.27. The lowest BCUT2D eigenvalue weighted by molar-refractivity contribution is 0.0843. The van der Waals surface area contributed by atoms with Gasteiger partial charge in [0.05, 0.1) is 20.8 Å². The zero-order valence-corrected chi connectivity index (χ0v) is 17.9. The van der Waals surface area contributed by atoms with Gasteiger partial charge in [-0.05, 0) is 31.2 Å². The summed E-state index contributed by atoms with van der Waals surface area (Å²) in [6, 6.07) is 13.9. The van der Waals surface area contributed by atoms with Crippen molar-refractivity contribution in [3.8, 4) is 11.5 Å². The van der Waals surface area contributed by atoms with E-state index in [1.54, 1.807) is 14.2 Å². The van der Waals surface area contributed by atoms with Gasteiger partial charge in [0.1, 0.15) is 11.5 Å². The average Bonchev–Trinajstić information content (AvgIpc) is 3.10. The Balaban J connectivity index is 1.37. The van der Waals surface area contributed by atoms with Crippen LogP contribution in [-0.4, -0.2) is 67.5 Å². The third-order valence-corrected chi connectivity index (χ3v) is 5.89. The molecule has 4 rings (SSSR count). The van der Waals surface area contributed by atoms with Crippen LogP contribution in [0.15, 0.2) is 42.5 Å². The largest absolute Gasteiger partial charge is 0.497 e. The van der Waals surface area contributed by atoms with Crippen LogP contribution in [0.25, 0.3) is 10.9 Å². The summed E-state index contributed by atoms with van der Waals surface area (Å²) in [5.41, 5.74) is 3.92. The summed E-state index contributed by atoms with van der Waals surface area (Å²) in [5, 5.41) is 1.02. The molecule has 3 aromatic rings. The van der Waals surface area contributed by atoms with E-state index in [1.807, 2.05) is 49.4 Å². The van der Waals surface area contributed by atoms with Crippen LogP contribution >= 0.6 is 0 Å². The second-order valence-corrected chi connectivity index (χ2v) is 7.82. The molecule has 0 saturated carbocycles. The van der Waals surface area contributed by atoms with Gasteiger partial charge in [-0.1, -0.05) is 18.2 Å². The topological polar surface area (TPSA) is 57.8 Å². The SMILES string of the molecule is COc1ccc(OC)c(CN2CCN(CC(=O)c3c(C)[nH]c4ccccc34)CC2)c1. The van der Waals surface area contributed by atoms with Gasteiger partial charge in [-0.25, -0.2) is 0 Å². The predicted molar refractivity (Wildman–Crippen MR) is 119 cm³/mol. The molecule has 0 amide bonds. The van der Waals surface area contributed by atoms with Crippen molar-refractivity contribution in [2.24, 2.45) is 0 Å². The maximum atomic E-state index is 13.0. The van der Waals surface area contributed by atoms with E-state index in [0.29, 0.717) is 6.54 Å². The molecule has 1 fully saturated rings. The number of hydrogen-bond donors (Lipinski definition) is 1. The Morgan fingerprint density at radius 2 is 1.73 bits per heavy atom. The fraction of sp³-hybridized carbons (Fsp3) is 0.375. The molecule has 1 aliphatic rings. The number of rotatable bonds is 7. The number of carbonyl (C=O) groups is 1. The Morgan fingerprint density at radius 3 is 2.47 bits per heavy atom. The van der Waals surface area contributed by atoms with Crippen molar-refractivity contribution >= 4 is 16.7 Å². The number of aryl methyl sites for hydroxylation is 1. The Bertz CT molecular complexity index is 1040. The van der Waals surface area contributed by atoms with Gasteiger partial charge in [-0.15, -0.1) is 0 Å². The fourth-order valence-electron chi connectivity index (χ4n) is 4.27. The Hall–Kier alpha value is -2.83. The van der Waals surface area contributed by atoms with Gasteiger partial charge in [-0.3, -0.25) is 14.6 Å². The first-order valence-corrected chi connectivity index (χ1v) is 10.3. The van der Waals surface area contributed by atoms with Gasteiger partial charge in [-0.2, -0.15) is 0 Å². The Morgan fingerprint density at radius 1 is 1.00 bits per heavy atom. The standard InChI is InChI=1S/C24H29N3O3/c1-17-24(20-6-4-5-7-21(20)25-17)22(28)16-27-12-10-26(11-13-27)15-18-14-19(29-2)8-9-23(18)30-3/h4-9,14,25H,10-13,15-16H2,1-3H3. The lowest BCUT2D eigenvalue weighted by Crippen LogP contribution is -2.47. The molecule has 0 radical (unpaired) electrons. The minimum absolute atomic E-state index is 0.188. The second kappa shape index (κ2) is 8.90. The number of nitrogens with one attached hydrogen (secondary N) is 1. The number of fused-ring (bicyclic) bond motifs is 1. The van der Waals surface area contributed by atoms with E-state index < -0.39 is 0 Å². The highest BCUT2D eigenvalue weighted by Gasteiger charge is 2.23. The third kappa shape index (κ3) is 4.20. The van der Waals surface area contributed by atoms with Crippen molar-refractivity contribution < 1.29 is 14.3 Å². The van der Waals surface area contributed by atoms with Crippen LogP contribution in [0.2, 0.25) is 0 Å². The number of ether oxygens (including phenoxy) is 2. The van der Waals surface area contributed by atoms with E-state index >= 15 is 0 Å². The molecule has 0 aliphatic carbocycles. The van der Waals surface area contributed by atoms with Gasteiger partial charge in [0.25, 0.3) is 0 Å².